The molecule has 0 radical (unpaired) electrons. The van der Waals surface area contributed by atoms with Gasteiger partial charge in [0.2, 0.25) is 5.95 Å². The number of carbonyl (C=O) groups excluding carboxylic acids is 1. The molecule has 14 heavy (non-hydrogen) atoms. The van der Waals surface area contributed by atoms with E-state index in [-0.39, 0.29) is 5.95 Å². The minimum Gasteiger partial charge on any atom is -0.312 e. The molecular formula is C8H9BrN4O. The number of nitrogens with one attached hydrogen (secondary N) is 2. The van der Waals surface area contributed by atoms with Gasteiger partial charge in [0.1, 0.15) is 0 Å². The van der Waals surface area contributed by atoms with E-state index < -0.39 is 6.03 Å². The van der Waals surface area contributed by atoms with E-state index in [1.54, 1.807) is 19.3 Å². The van der Waals surface area contributed by atoms with Gasteiger partial charge in [0, 0.05) is 18.1 Å². The monoisotopic (exact) mass is 256 g/mol. The number of carbonyl (C=O) groups is 1. The highest BCUT2D eigenvalue weighted by atomic mass is 79.9. The van der Waals surface area contributed by atoms with Crippen molar-refractivity contribution in [2.24, 2.45) is 0 Å². The van der Waals surface area contributed by atoms with Crippen molar-refractivity contribution < 1.29 is 4.79 Å². The zero-order valence-corrected chi connectivity index (χ0v) is 9.13. The third kappa shape index (κ3) is 3.53. The number of hydrogen-bond acceptors (Lipinski definition) is 3. The first-order valence-corrected chi connectivity index (χ1v) is 4.58. The number of anilines is 1. The first-order chi connectivity index (χ1) is 6.58. The van der Waals surface area contributed by atoms with Crippen molar-refractivity contribution >= 4 is 27.9 Å². The van der Waals surface area contributed by atoms with Gasteiger partial charge in [-0.2, -0.15) is 0 Å². The van der Waals surface area contributed by atoms with Gasteiger partial charge in [-0.3, -0.25) is 5.32 Å². The lowest BCUT2D eigenvalue weighted by Crippen LogP contribution is -2.27. The molecule has 5 nitrogen and oxygen atoms in total. The molecule has 0 aliphatic rings. The molecule has 74 valence electrons. The molecule has 2 amide bonds. The van der Waals surface area contributed by atoms with E-state index in [1.807, 2.05) is 0 Å². The first-order valence-electron chi connectivity index (χ1n) is 3.79. The Balaban J connectivity index is 2.56. The van der Waals surface area contributed by atoms with E-state index in [9.17, 15) is 4.79 Å². The molecule has 0 saturated heterocycles. The maximum absolute atomic E-state index is 11.1. The molecule has 2 N–H and O–H groups in total. The lowest BCUT2D eigenvalue weighted by Gasteiger charge is -2.04. The predicted molar refractivity (Wildman–Crippen MR) is 56.7 cm³/mol. The lowest BCUT2D eigenvalue weighted by atomic mass is 10.6. The molecule has 1 aromatic rings. The quantitative estimate of drug-likeness (QED) is 0.850. The standard InChI is InChI=1S/C8H9BrN4O/c1-5(2)12-8(14)13-7-10-3-6(9)4-11-7/h3-4H,1H2,2H3,(H2,10,11,12,13,14). The third-order valence-corrected chi connectivity index (χ3v) is 1.58. The molecule has 0 bridgehead atoms. The van der Waals surface area contributed by atoms with Crippen molar-refractivity contribution in [1.29, 1.82) is 0 Å². The summed E-state index contributed by atoms with van der Waals surface area (Å²) in [6.07, 6.45) is 3.09. The summed E-state index contributed by atoms with van der Waals surface area (Å²) in [7, 11) is 0. The minimum absolute atomic E-state index is 0.243. The number of halogens is 1. The average molecular weight is 257 g/mol. The second kappa shape index (κ2) is 4.71. The SMILES string of the molecule is C=C(C)NC(=O)Nc1ncc(Br)cn1. The molecule has 0 saturated carbocycles. The van der Waals surface area contributed by atoms with Crippen LogP contribution in [0.5, 0.6) is 0 Å². The fourth-order valence-electron chi connectivity index (χ4n) is 0.703. The van der Waals surface area contributed by atoms with Crippen LogP contribution in [0, 0.1) is 0 Å². The molecule has 0 aliphatic carbocycles. The highest BCUT2D eigenvalue weighted by Gasteiger charge is 2.02. The number of amides is 2. The van der Waals surface area contributed by atoms with Gasteiger partial charge in [-0.1, -0.05) is 6.58 Å². The zero-order chi connectivity index (χ0) is 10.6. The fraction of sp³-hybridized carbons (Fsp3) is 0.125. The summed E-state index contributed by atoms with van der Waals surface area (Å²) < 4.78 is 0.753. The fourth-order valence-corrected chi connectivity index (χ4v) is 0.908. The number of aromatic nitrogens is 2. The third-order valence-electron chi connectivity index (χ3n) is 1.17. The van der Waals surface area contributed by atoms with Crippen LogP contribution in [0.25, 0.3) is 0 Å². The highest BCUT2D eigenvalue weighted by molar-refractivity contribution is 9.10. The number of rotatable bonds is 2. The Morgan fingerprint density at radius 2 is 2.07 bits per heavy atom. The Bertz CT molecular complexity index is 349. The van der Waals surface area contributed by atoms with Crippen LogP contribution in [-0.4, -0.2) is 16.0 Å². The Hall–Kier alpha value is -1.43. The molecule has 1 heterocycles. The van der Waals surface area contributed by atoms with Crippen LogP contribution in [0.4, 0.5) is 10.7 Å². The van der Waals surface area contributed by atoms with Crippen LogP contribution in [0.1, 0.15) is 6.92 Å². The molecule has 0 aromatic carbocycles. The van der Waals surface area contributed by atoms with Gasteiger partial charge in [0.05, 0.1) is 4.47 Å². The smallest absolute Gasteiger partial charge is 0.312 e. The van der Waals surface area contributed by atoms with Gasteiger partial charge < -0.3 is 5.32 Å². The van der Waals surface area contributed by atoms with Crippen molar-refractivity contribution in [1.82, 2.24) is 15.3 Å². The van der Waals surface area contributed by atoms with E-state index in [0.29, 0.717) is 5.70 Å². The second-order valence-corrected chi connectivity index (χ2v) is 3.50. The normalized spacial score (nSPS) is 9.29. The van der Waals surface area contributed by atoms with Crippen LogP contribution in [-0.2, 0) is 0 Å². The summed E-state index contributed by atoms with van der Waals surface area (Å²) in [5, 5.41) is 4.92. The van der Waals surface area contributed by atoms with Crippen LogP contribution in [0.2, 0.25) is 0 Å². The van der Waals surface area contributed by atoms with E-state index >= 15 is 0 Å². The van der Waals surface area contributed by atoms with Gasteiger partial charge in [-0.05, 0) is 22.9 Å². The number of nitrogens with zero attached hydrogens (tertiary/aromatic N) is 2. The number of hydrogen-bond donors (Lipinski definition) is 2. The minimum atomic E-state index is -0.403. The molecule has 6 heteroatoms. The van der Waals surface area contributed by atoms with Gasteiger partial charge in [0.25, 0.3) is 0 Å². The van der Waals surface area contributed by atoms with E-state index in [1.165, 1.54) is 0 Å². The van der Waals surface area contributed by atoms with Crippen LogP contribution in [0.3, 0.4) is 0 Å². The van der Waals surface area contributed by atoms with Crippen molar-refractivity contribution in [3.05, 3.63) is 29.1 Å². The van der Waals surface area contributed by atoms with Gasteiger partial charge >= 0.3 is 6.03 Å². The Kier molecular flexibility index (Phi) is 3.58. The van der Waals surface area contributed by atoms with Gasteiger partial charge in [-0.25, -0.2) is 14.8 Å². The van der Waals surface area contributed by atoms with Crippen LogP contribution >= 0.6 is 15.9 Å². The van der Waals surface area contributed by atoms with E-state index in [2.05, 4.69) is 43.1 Å². The molecule has 0 aliphatic heterocycles. The Morgan fingerprint density at radius 3 is 2.57 bits per heavy atom. The van der Waals surface area contributed by atoms with Crippen LogP contribution < -0.4 is 10.6 Å². The summed E-state index contributed by atoms with van der Waals surface area (Å²) in [6.45, 7) is 5.21. The molecular weight excluding hydrogens is 248 g/mol. The summed E-state index contributed by atoms with van der Waals surface area (Å²) in [6, 6.07) is -0.403. The van der Waals surface area contributed by atoms with Gasteiger partial charge in [0.15, 0.2) is 0 Å². The summed E-state index contributed by atoms with van der Waals surface area (Å²) in [4.78, 5) is 18.9. The molecule has 0 spiro atoms. The summed E-state index contributed by atoms with van der Waals surface area (Å²) in [5.74, 6) is 0.243. The Labute approximate surface area is 89.8 Å². The van der Waals surface area contributed by atoms with Crippen molar-refractivity contribution in [3.8, 4) is 0 Å². The molecule has 0 fully saturated rings. The van der Waals surface area contributed by atoms with Crippen molar-refractivity contribution in [3.63, 3.8) is 0 Å². The van der Waals surface area contributed by atoms with E-state index in [4.69, 9.17) is 0 Å². The number of allylic oxidation sites excluding steroid dienone is 1. The Morgan fingerprint density at radius 1 is 1.50 bits per heavy atom. The average Bonchev–Trinajstić information content (AvgIpc) is 2.07. The highest BCUT2D eigenvalue weighted by Crippen LogP contribution is 2.06. The molecule has 0 unspecified atom stereocenters. The molecule has 1 aromatic heterocycles. The zero-order valence-electron chi connectivity index (χ0n) is 7.54. The largest absolute Gasteiger partial charge is 0.325 e. The second-order valence-electron chi connectivity index (χ2n) is 2.58. The first kappa shape index (κ1) is 10.6. The van der Waals surface area contributed by atoms with E-state index in [0.717, 1.165) is 4.47 Å². The van der Waals surface area contributed by atoms with Crippen LogP contribution in [0.15, 0.2) is 29.1 Å². The van der Waals surface area contributed by atoms with Crippen molar-refractivity contribution in [2.45, 2.75) is 6.92 Å². The van der Waals surface area contributed by atoms with Crippen molar-refractivity contribution in [2.75, 3.05) is 5.32 Å². The molecule has 0 atom stereocenters. The lowest BCUT2D eigenvalue weighted by molar-refractivity contribution is 0.254. The molecule has 1 rings (SSSR count). The van der Waals surface area contributed by atoms with Gasteiger partial charge in [-0.15, -0.1) is 0 Å². The maximum atomic E-state index is 11.1. The number of urea groups is 1. The summed E-state index contributed by atoms with van der Waals surface area (Å²) in [5.41, 5.74) is 0.555. The summed E-state index contributed by atoms with van der Waals surface area (Å²) >= 11 is 3.18. The predicted octanol–water partition coefficient (Wildman–Crippen LogP) is 1.89. The topological polar surface area (TPSA) is 66.9 Å². The maximum Gasteiger partial charge on any atom is 0.325 e.